The number of halogens is 4. The van der Waals surface area contributed by atoms with E-state index in [1.807, 2.05) is 6.07 Å². The van der Waals surface area contributed by atoms with Crippen LogP contribution in [0.3, 0.4) is 0 Å². The highest BCUT2D eigenvalue weighted by Gasteiger charge is 2.31. The Balaban J connectivity index is 1.38. The predicted octanol–water partition coefficient (Wildman–Crippen LogP) is 7.68. The van der Waals surface area contributed by atoms with Crippen molar-refractivity contribution in [2.75, 3.05) is 16.8 Å². The summed E-state index contributed by atoms with van der Waals surface area (Å²) in [5.41, 5.74) is -0.00548. The summed E-state index contributed by atoms with van der Waals surface area (Å²) < 4.78 is 61.4. The Morgan fingerprint density at radius 1 is 1.03 bits per heavy atom. The molecule has 10 heteroatoms. The van der Waals surface area contributed by atoms with E-state index in [0.29, 0.717) is 40.6 Å². The lowest BCUT2D eigenvalue weighted by Gasteiger charge is -2.39. The molecular formula is C28H29F4N5O. The minimum Gasteiger partial charge on any atom is -0.457 e. The van der Waals surface area contributed by atoms with Crippen LogP contribution in [0.5, 0.6) is 11.5 Å². The molecule has 0 amide bonds. The molecule has 200 valence electrons. The summed E-state index contributed by atoms with van der Waals surface area (Å²) in [5.74, 6) is 1.98. The summed E-state index contributed by atoms with van der Waals surface area (Å²) in [4.78, 5) is 11.4. The molecule has 38 heavy (non-hydrogen) atoms. The van der Waals surface area contributed by atoms with Gasteiger partial charge in [0.15, 0.2) is 0 Å². The highest BCUT2D eigenvalue weighted by Crippen LogP contribution is 2.34. The van der Waals surface area contributed by atoms with Crippen LogP contribution in [-0.4, -0.2) is 27.1 Å². The van der Waals surface area contributed by atoms with Crippen LogP contribution in [0.15, 0.2) is 54.7 Å². The number of alkyl halides is 3. The number of hydrogen-bond acceptors (Lipinski definition) is 5. The molecule has 0 saturated carbocycles. The summed E-state index contributed by atoms with van der Waals surface area (Å²) in [6.45, 7) is 5.42. The van der Waals surface area contributed by atoms with Crippen LogP contribution in [0.25, 0.3) is 11.0 Å². The Labute approximate surface area is 218 Å². The smallest absolute Gasteiger partial charge is 0.416 e. The van der Waals surface area contributed by atoms with E-state index >= 15 is 0 Å². The molecule has 3 heterocycles. The fourth-order valence-electron chi connectivity index (χ4n) is 4.96. The van der Waals surface area contributed by atoms with Gasteiger partial charge in [-0.1, -0.05) is 13.8 Å². The van der Waals surface area contributed by atoms with Gasteiger partial charge in [-0.25, -0.2) is 14.4 Å². The predicted molar refractivity (Wildman–Crippen MR) is 140 cm³/mol. The number of rotatable bonds is 6. The highest BCUT2D eigenvalue weighted by molar-refractivity contribution is 5.81. The minimum atomic E-state index is -4.58. The van der Waals surface area contributed by atoms with Gasteiger partial charge in [-0.3, -0.25) is 0 Å². The lowest BCUT2D eigenvalue weighted by Crippen LogP contribution is -2.43. The van der Waals surface area contributed by atoms with Gasteiger partial charge in [0.25, 0.3) is 0 Å². The van der Waals surface area contributed by atoms with Crippen molar-refractivity contribution in [3.8, 4) is 11.5 Å². The third-order valence-electron chi connectivity index (χ3n) is 6.96. The first-order chi connectivity index (χ1) is 18.1. The van der Waals surface area contributed by atoms with Crippen molar-refractivity contribution < 1.29 is 22.3 Å². The highest BCUT2D eigenvalue weighted by atomic mass is 19.4. The normalized spacial score (nSPS) is 16.3. The molecule has 0 bridgehead atoms. The number of anilines is 3. The number of ether oxygens (including phenoxy) is 1. The van der Waals surface area contributed by atoms with Gasteiger partial charge < -0.3 is 19.5 Å². The lowest BCUT2D eigenvalue weighted by atomic mass is 9.93. The number of hydrogen-bond donors (Lipinski definition) is 1. The van der Waals surface area contributed by atoms with Crippen molar-refractivity contribution >= 4 is 28.5 Å². The first-order valence-electron chi connectivity index (χ1n) is 12.6. The van der Waals surface area contributed by atoms with Crippen LogP contribution in [0.4, 0.5) is 35.0 Å². The largest absolute Gasteiger partial charge is 0.457 e. The van der Waals surface area contributed by atoms with Crippen molar-refractivity contribution in [3.63, 3.8) is 0 Å². The number of nitrogens with zero attached hydrogens (tertiary/aromatic N) is 4. The summed E-state index contributed by atoms with van der Waals surface area (Å²) in [7, 11) is 1.70. The van der Waals surface area contributed by atoms with Crippen LogP contribution in [0.1, 0.15) is 38.7 Å². The third kappa shape index (κ3) is 5.25. The molecule has 5 rings (SSSR count). The Bertz CT molecular complexity index is 1450. The van der Waals surface area contributed by atoms with Gasteiger partial charge in [-0.15, -0.1) is 0 Å². The van der Waals surface area contributed by atoms with Gasteiger partial charge in [0.2, 0.25) is 5.95 Å². The molecule has 2 aromatic carbocycles. The molecule has 0 spiro atoms. The molecular weight excluding hydrogens is 498 g/mol. The van der Waals surface area contributed by atoms with Crippen molar-refractivity contribution in [2.45, 2.75) is 45.3 Å². The standard InChI is InChI=1S/C28H29F4N5O/c1-17(2)24-6-4-5-13-37(24)26-16-20(11-12-33-26)38-19-8-10-25-23(15-19)35-27(36(25)3)34-22-14-18(28(30,31)32)7-9-21(22)29/h7-12,14-17,24H,4-6,13H2,1-3H3,(H,34,35). The zero-order chi connectivity index (χ0) is 27.0. The molecule has 1 aliphatic heterocycles. The molecule has 1 atom stereocenters. The number of piperidine rings is 1. The number of nitrogens with one attached hydrogen (secondary N) is 1. The molecule has 6 nitrogen and oxygen atoms in total. The van der Waals surface area contributed by atoms with E-state index in [4.69, 9.17) is 4.74 Å². The summed E-state index contributed by atoms with van der Waals surface area (Å²) in [6.07, 6.45) is 0.645. The molecule has 2 aromatic heterocycles. The van der Waals surface area contributed by atoms with Gasteiger partial charge in [0.05, 0.1) is 22.3 Å². The molecule has 0 radical (unpaired) electrons. The van der Waals surface area contributed by atoms with E-state index in [1.54, 1.807) is 42.1 Å². The van der Waals surface area contributed by atoms with Crippen molar-refractivity contribution in [2.24, 2.45) is 13.0 Å². The zero-order valence-corrected chi connectivity index (χ0v) is 21.4. The van der Waals surface area contributed by atoms with E-state index in [1.165, 1.54) is 6.42 Å². The molecule has 1 saturated heterocycles. The van der Waals surface area contributed by atoms with Crippen LogP contribution >= 0.6 is 0 Å². The summed E-state index contributed by atoms with van der Waals surface area (Å²) in [6, 6.07) is 11.7. The fraction of sp³-hybridized carbons (Fsp3) is 0.357. The maximum absolute atomic E-state index is 14.3. The first-order valence-corrected chi connectivity index (χ1v) is 12.6. The van der Waals surface area contributed by atoms with Crippen molar-refractivity contribution in [3.05, 3.63) is 66.1 Å². The minimum absolute atomic E-state index is 0.200. The number of imidazole rings is 1. The number of benzene rings is 2. The number of aryl methyl sites for hydroxylation is 1. The molecule has 1 N–H and O–H groups in total. The Kier molecular flexibility index (Phi) is 6.90. The van der Waals surface area contributed by atoms with Crippen LogP contribution in [-0.2, 0) is 13.2 Å². The van der Waals surface area contributed by atoms with E-state index in [2.05, 4.69) is 34.0 Å². The maximum atomic E-state index is 14.3. The summed E-state index contributed by atoms with van der Waals surface area (Å²) in [5, 5.41) is 2.69. The third-order valence-corrected chi connectivity index (χ3v) is 6.96. The number of aromatic nitrogens is 3. The van der Waals surface area contributed by atoms with Gasteiger partial charge >= 0.3 is 6.18 Å². The van der Waals surface area contributed by atoms with Gasteiger partial charge in [0.1, 0.15) is 23.1 Å². The van der Waals surface area contributed by atoms with Gasteiger partial charge in [-0.05, 0) is 61.6 Å². The quantitative estimate of drug-likeness (QED) is 0.261. The Morgan fingerprint density at radius 2 is 1.82 bits per heavy atom. The second-order valence-corrected chi connectivity index (χ2v) is 9.91. The summed E-state index contributed by atoms with van der Waals surface area (Å²) >= 11 is 0. The van der Waals surface area contributed by atoms with Crippen LogP contribution in [0, 0.1) is 11.7 Å². The lowest BCUT2D eigenvalue weighted by molar-refractivity contribution is -0.137. The van der Waals surface area contributed by atoms with E-state index in [9.17, 15) is 17.6 Å². The molecule has 0 aliphatic carbocycles. The second kappa shape index (κ2) is 10.2. The molecule has 1 aliphatic rings. The van der Waals surface area contributed by atoms with Gasteiger partial charge in [-0.2, -0.15) is 13.2 Å². The van der Waals surface area contributed by atoms with Crippen LogP contribution in [0.2, 0.25) is 0 Å². The average molecular weight is 528 g/mol. The van der Waals surface area contributed by atoms with Crippen LogP contribution < -0.4 is 15.0 Å². The Hall–Kier alpha value is -3.82. The maximum Gasteiger partial charge on any atom is 0.416 e. The number of fused-ring (bicyclic) bond motifs is 1. The average Bonchev–Trinajstić information content (AvgIpc) is 3.19. The molecule has 1 unspecified atom stereocenters. The first kappa shape index (κ1) is 25.8. The van der Waals surface area contributed by atoms with E-state index < -0.39 is 17.6 Å². The second-order valence-electron chi connectivity index (χ2n) is 9.91. The zero-order valence-electron chi connectivity index (χ0n) is 21.4. The SMILES string of the molecule is CC(C)C1CCCCN1c1cc(Oc2ccc3c(c2)nc(Nc2cc(C(F)(F)F)ccc2F)n3C)ccn1. The molecule has 1 fully saturated rings. The van der Waals surface area contributed by atoms with Crippen molar-refractivity contribution in [1.29, 1.82) is 0 Å². The van der Waals surface area contributed by atoms with E-state index in [-0.39, 0.29) is 11.6 Å². The number of pyridine rings is 1. The van der Waals surface area contributed by atoms with E-state index in [0.717, 1.165) is 37.3 Å². The monoisotopic (exact) mass is 527 g/mol. The fourth-order valence-corrected chi connectivity index (χ4v) is 4.96. The van der Waals surface area contributed by atoms with Crippen molar-refractivity contribution in [1.82, 2.24) is 14.5 Å². The molecule has 4 aromatic rings. The topological polar surface area (TPSA) is 55.2 Å². The Morgan fingerprint density at radius 3 is 2.58 bits per heavy atom. The van der Waals surface area contributed by atoms with Gasteiger partial charge in [0, 0.05) is 38.0 Å².